The van der Waals surface area contributed by atoms with Crippen molar-refractivity contribution in [2.75, 3.05) is 18.1 Å². The van der Waals surface area contributed by atoms with Crippen LogP contribution >= 0.6 is 11.6 Å². The molecule has 0 bridgehead atoms. The molecule has 9 heteroatoms. The third-order valence-electron chi connectivity index (χ3n) is 6.37. The topological polar surface area (TPSA) is 96.3 Å². The number of amides is 1. The second kappa shape index (κ2) is 12.2. The molecule has 1 fully saturated rings. The number of hydrogen-bond donors (Lipinski definition) is 2. The summed E-state index contributed by atoms with van der Waals surface area (Å²) in [7, 11) is 0. The standard InChI is InChI=1S/C30H29ClFNO6/c1-3-5-6-15-39-21-11-7-18(8-12-21)28(35)26-27(19-9-14-24(34)25(16-19)38-4-2)33(30(37)29(26)36)20-10-13-23(32)22(31)17-20/h7-14,16-17,27,34-35H,3-6,15H2,1-2H3/b28-26+. The van der Waals surface area contributed by atoms with E-state index in [9.17, 15) is 24.2 Å². The first-order valence-corrected chi connectivity index (χ1v) is 13.1. The molecule has 1 aliphatic rings. The van der Waals surface area contributed by atoms with Crippen molar-refractivity contribution in [3.05, 3.63) is 88.2 Å². The van der Waals surface area contributed by atoms with Crippen LogP contribution in [-0.2, 0) is 9.59 Å². The molecule has 1 saturated heterocycles. The number of ether oxygens (including phenoxy) is 2. The summed E-state index contributed by atoms with van der Waals surface area (Å²) in [6.07, 6.45) is 3.05. The number of unbranched alkanes of at least 4 members (excludes halogenated alkanes) is 2. The van der Waals surface area contributed by atoms with Crippen LogP contribution in [0.4, 0.5) is 10.1 Å². The number of aromatic hydroxyl groups is 1. The van der Waals surface area contributed by atoms with Crippen LogP contribution in [0.2, 0.25) is 5.02 Å². The summed E-state index contributed by atoms with van der Waals surface area (Å²) < 4.78 is 25.2. The summed E-state index contributed by atoms with van der Waals surface area (Å²) in [5.41, 5.74) is 0.674. The maximum atomic E-state index is 13.9. The lowest BCUT2D eigenvalue weighted by Crippen LogP contribution is -2.29. The van der Waals surface area contributed by atoms with Crippen molar-refractivity contribution in [2.45, 2.75) is 39.2 Å². The smallest absolute Gasteiger partial charge is 0.300 e. The summed E-state index contributed by atoms with van der Waals surface area (Å²) in [5.74, 6) is -2.30. The van der Waals surface area contributed by atoms with Gasteiger partial charge in [-0.1, -0.05) is 37.4 Å². The van der Waals surface area contributed by atoms with E-state index in [1.807, 2.05) is 0 Å². The zero-order valence-electron chi connectivity index (χ0n) is 21.6. The Balaban J connectivity index is 1.81. The van der Waals surface area contributed by atoms with E-state index in [-0.39, 0.29) is 34.4 Å². The summed E-state index contributed by atoms with van der Waals surface area (Å²) in [5, 5.41) is 21.3. The van der Waals surface area contributed by atoms with Crippen molar-refractivity contribution < 1.29 is 33.7 Å². The lowest BCUT2D eigenvalue weighted by atomic mass is 9.94. The molecule has 0 radical (unpaired) electrons. The number of anilines is 1. The van der Waals surface area contributed by atoms with E-state index in [4.69, 9.17) is 21.1 Å². The van der Waals surface area contributed by atoms with Crippen molar-refractivity contribution >= 4 is 34.7 Å². The number of phenols is 1. The van der Waals surface area contributed by atoms with Gasteiger partial charge in [-0.25, -0.2) is 4.39 Å². The zero-order chi connectivity index (χ0) is 28.1. The summed E-state index contributed by atoms with van der Waals surface area (Å²) in [6, 6.07) is 13.5. The minimum absolute atomic E-state index is 0.128. The van der Waals surface area contributed by atoms with Gasteiger partial charge in [0.05, 0.1) is 29.9 Å². The Morgan fingerprint density at radius 3 is 2.41 bits per heavy atom. The van der Waals surface area contributed by atoms with Gasteiger partial charge >= 0.3 is 0 Å². The third kappa shape index (κ3) is 5.86. The monoisotopic (exact) mass is 553 g/mol. The van der Waals surface area contributed by atoms with Crippen LogP contribution < -0.4 is 14.4 Å². The van der Waals surface area contributed by atoms with E-state index in [0.29, 0.717) is 23.5 Å². The number of carbonyl (C=O) groups is 2. The van der Waals surface area contributed by atoms with Gasteiger partial charge in [0.25, 0.3) is 11.7 Å². The largest absolute Gasteiger partial charge is 0.507 e. The molecule has 1 unspecified atom stereocenters. The number of nitrogens with zero attached hydrogens (tertiary/aromatic N) is 1. The number of rotatable bonds is 10. The van der Waals surface area contributed by atoms with Crippen molar-refractivity contribution in [1.82, 2.24) is 0 Å². The third-order valence-corrected chi connectivity index (χ3v) is 6.66. The molecule has 1 heterocycles. The number of ketones is 1. The minimum Gasteiger partial charge on any atom is -0.507 e. The van der Waals surface area contributed by atoms with Gasteiger partial charge in [0.1, 0.15) is 17.3 Å². The lowest BCUT2D eigenvalue weighted by molar-refractivity contribution is -0.132. The van der Waals surface area contributed by atoms with Crippen molar-refractivity contribution in [2.24, 2.45) is 0 Å². The van der Waals surface area contributed by atoms with Crippen molar-refractivity contribution in [3.8, 4) is 17.2 Å². The van der Waals surface area contributed by atoms with Gasteiger partial charge in [0.15, 0.2) is 11.5 Å². The Morgan fingerprint density at radius 1 is 1.00 bits per heavy atom. The number of benzene rings is 3. The highest BCUT2D eigenvalue weighted by Gasteiger charge is 2.47. The van der Waals surface area contributed by atoms with Crippen LogP contribution in [-0.4, -0.2) is 35.1 Å². The molecule has 1 atom stereocenters. The predicted octanol–water partition coefficient (Wildman–Crippen LogP) is 6.78. The maximum Gasteiger partial charge on any atom is 0.300 e. The Labute approximate surface area is 231 Å². The van der Waals surface area contributed by atoms with Crippen molar-refractivity contribution in [3.63, 3.8) is 0 Å². The second-order valence-electron chi connectivity index (χ2n) is 9.01. The van der Waals surface area contributed by atoms with E-state index >= 15 is 0 Å². The van der Waals surface area contributed by atoms with Crippen molar-refractivity contribution in [1.29, 1.82) is 0 Å². The molecule has 0 aromatic heterocycles. The molecule has 39 heavy (non-hydrogen) atoms. The first-order valence-electron chi connectivity index (χ1n) is 12.7. The molecule has 7 nitrogen and oxygen atoms in total. The number of aliphatic hydroxyl groups excluding tert-OH is 1. The number of halogens is 2. The van der Waals surface area contributed by atoms with Gasteiger partial charge in [0, 0.05) is 11.3 Å². The fourth-order valence-corrected chi connectivity index (χ4v) is 4.60. The van der Waals surface area contributed by atoms with Gasteiger partial charge in [-0.15, -0.1) is 0 Å². The predicted molar refractivity (Wildman–Crippen MR) is 147 cm³/mol. The lowest BCUT2D eigenvalue weighted by Gasteiger charge is -2.26. The van der Waals surface area contributed by atoms with E-state index in [2.05, 4.69) is 6.92 Å². The van der Waals surface area contributed by atoms with Crippen LogP contribution in [0.25, 0.3) is 5.76 Å². The Bertz CT molecular complexity index is 1410. The number of aliphatic hydroxyl groups is 1. The SMILES string of the molecule is CCCCCOc1ccc(/C(O)=C2\C(=O)C(=O)N(c3ccc(F)c(Cl)c3)C2c2ccc(O)c(OCC)c2)cc1. The average Bonchev–Trinajstić information content (AvgIpc) is 3.19. The van der Waals surface area contributed by atoms with Crippen LogP contribution in [0, 0.1) is 5.82 Å². The highest BCUT2D eigenvalue weighted by Crippen LogP contribution is 2.44. The molecule has 204 valence electrons. The average molecular weight is 554 g/mol. The second-order valence-corrected chi connectivity index (χ2v) is 9.41. The summed E-state index contributed by atoms with van der Waals surface area (Å²) >= 11 is 6.00. The zero-order valence-corrected chi connectivity index (χ0v) is 22.4. The molecule has 1 aliphatic heterocycles. The van der Waals surface area contributed by atoms with Crippen LogP contribution in [0.5, 0.6) is 17.2 Å². The van der Waals surface area contributed by atoms with Crippen LogP contribution in [0.3, 0.4) is 0 Å². The van der Waals surface area contributed by atoms with E-state index in [1.54, 1.807) is 31.2 Å². The van der Waals surface area contributed by atoms with Gasteiger partial charge in [0.2, 0.25) is 0 Å². The molecular formula is C30H29ClFNO6. The van der Waals surface area contributed by atoms with E-state index < -0.39 is 29.3 Å². The molecule has 0 aliphatic carbocycles. The summed E-state index contributed by atoms with van der Waals surface area (Å²) in [4.78, 5) is 27.8. The maximum absolute atomic E-state index is 13.9. The van der Waals surface area contributed by atoms with Crippen LogP contribution in [0.15, 0.2) is 66.2 Å². The molecule has 2 N–H and O–H groups in total. The molecule has 1 amide bonds. The first kappa shape index (κ1) is 28.0. The molecular weight excluding hydrogens is 525 g/mol. The highest BCUT2D eigenvalue weighted by molar-refractivity contribution is 6.51. The fourth-order valence-electron chi connectivity index (χ4n) is 4.43. The quantitative estimate of drug-likeness (QED) is 0.124. The molecule has 0 saturated carbocycles. The Hall–Kier alpha value is -4.04. The minimum atomic E-state index is -1.11. The highest BCUT2D eigenvalue weighted by atomic mass is 35.5. The fraction of sp³-hybridized carbons (Fsp3) is 0.267. The Morgan fingerprint density at radius 2 is 1.74 bits per heavy atom. The normalized spacial score (nSPS) is 16.5. The van der Waals surface area contributed by atoms with E-state index in [1.165, 1.54) is 30.3 Å². The molecule has 3 aromatic carbocycles. The number of hydrogen-bond acceptors (Lipinski definition) is 6. The van der Waals surface area contributed by atoms with Crippen LogP contribution in [0.1, 0.15) is 50.3 Å². The first-order chi connectivity index (χ1) is 18.8. The Kier molecular flexibility index (Phi) is 8.76. The molecule has 0 spiro atoms. The van der Waals surface area contributed by atoms with Gasteiger partial charge in [-0.2, -0.15) is 0 Å². The van der Waals surface area contributed by atoms with Gasteiger partial charge < -0.3 is 19.7 Å². The summed E-state index contributed by atoms with van der Waals surface area (Å²) in [6.45, 7) is 4.68. The van der Waals surface area contributed by atoms with E-state index in [0.717, 1.165) is 30.2 Å². The number of phenolic OH excluding ortho intramolecular Hbond substituents is 1. The number of Topliss-reactive ketones (excluding diaryl/α,β-unsaturated/α-hetero) is 1. The molecule has 4 rings (SSSR count). The van der Waals surface area contributed by atoms with Gasteiger partial charge in [-0.3, -0.25) is 14.5 Å². The van der Waals surface area contributed by atoms with Gasteiger partial charge in [-0.05, 0) is 73.5 Å². The molecule has 3 aromatic rings. The number of carbonyl (C=O) groups excluding carboxylic acids is 2.